The van der Waals surface area contributed by atoms with Crippen molar-refractivity contribution in [1.82, 2.24) is 24.4 Å². The van der Waals surface area contributed by atoms with Crippen LogP contribution in [0.1, 0.15) is 51.2 Å². The molecule has 0 aromatic carbocycles. The van der Waals surface area contributed by atoms with Crippen molar-refractivity contribution in [2.45, 2.75) is 59.9 Å². The lowest BCUT2D eigenvalue weighted by Crippen LogP contribution is -2.40. The number of hydrogen-bond donors (Lipinski definition) is 1. The Morgan fingerprint density at radius 3 is 2.59 bits per heavy atom. The molecule has 174 valence electrons. The Kier molecular flexibility index (Phi) is 7.00. The highest BCUT2D eigenvalue weighted by molar-refractivity contribution is 7.19. The lowest BCUT2D eigenvalue weighted by atomic mass is 9.92. The highest BCUT2D eigenvalue weighted by Crippen LogP contribution is 2.29. The average Bonchev–Trinajstić information content (AvgIpc) is 3.31. The second-order valence-corrected chi connectivity index (χ2v) is 10.5. The fourth-order valence-corrected chi connectivity index (χ4v) is 6.07. The van der Waals surface area contributed by atoms with Crippen LogP contribution in [-0.4, -0.2) is 51.2 Å². The van der Waals surface area contributed by atoms with Crippen molar-refractivity contribution < 1.29 is 4.79 Å². The van der Waals surface area contributed by atoms with Gasteiger partial charge in [-0.05, 0) is 49.8 Å². The number of rotatable bonds is 8. The molecule has 1 saturated heterocycles. The van der Waals surface area contributed by atoms with Gasteiger partial charge in [-0.2, -0.15) is 5.10 Å². The first-order valence-electron chi connectivity index (χ1n) is 11.9. The van der Waals surface area contributed by atoms with Crippen molar-refractivity contribution in [2.75, 3.05) is 26.2 Å². The van der Waals surface area contributed by atoms with Gasteiger partial charge in [-0.25, -0.2) is 4.68 Å². The fraction of sp³-hybridized carbons (Fsp3) is 0.625. The van der Waals surface area contributed by atoms with Crippen molar-refractivity contribution in [3.05, 3.63) is 33.2 Å². The molecule has 3 aromatic rings. The maximum Gasteiger partial charge on any atom is 0.291 e. The summed E-state index contributed by atoms with van der Waals surface area (Å²) in [6.07, 6.45) is 3.88. The van der Waals surface area contributed by atoms with Gasteiger partial charge in [0, 0.05) is 30.9 Å². The van der Waals surface area contributed by atoms with Crippen LogP contribution in [0.5, 0.6) is 0 Å². The fourth-order valence-electron chi connectivity index (χ4n) is 5.05. The Bertz CT molecular complexity index is 1150. The van der Waals surface area contributed by atoms with Crippen LogP contribution in [0.15, 0.2) is 16.9 Å². The summed E-state index contributed by atoms with van der Waals surface area (Å²) in [5.41, 5.74) is 1.43. The molecule has 0 bridgehead atoms. The summed E-state index contributed by atoms with van der Waals surface area (Å²) in [5.74, 6) is 2.13. The summed E-state index contributed by atoms with van der Waals surface area (Å²) in [6.45, 7) is 12.7. The lowest BCUT2D eigenvalue weighted by molar-refractivity contribution is -0.121. The maximum absolute atomic E-state index is 13.0. The zero-order valence-electron chi connectivity index (χ0n) is 19.7. The van der Waals surface area contributed by atoms with Gasteiger partial charge in [0.1, 0.15) is 17.9 Å². The molecule has 0 saturated carbocycles. The molecule has 4 heterocycles. The van der Waals surface area contributed by atoms with E-state index >= 15 is 0 Å². The maximum atomic E-state index is 13.0. The summed E-state index contributed by atoms with van der Waals surface area (Å²) in [4.78, 5) is 29.4. The molecule has 0 radical (unpaired) electrons. The van der Waals surface area contributed by atoms with Crippen LogP contribution in [0.3, 0.4) is 0 Å². The van der Waals surface area contributed by atoms with Gasteiger partial charge in [0.25, 0.3) is 5.56 Å². The summed E-state index contributed by atoms with van der Waals surface area (Å²) in [6, 6.07) is 4.09. The molecule has 1 N–H and O–H groups in total. The summed E-state index contributed by atoms with van der Waals surface area (Å²) < 4.78 is 4.38. The first-order valence-corrected chi connectivity index (χ1v) is 12.7. The number of aryl methyl sites for hydroxylation is 2. The van der Waals surface area contributed by atoms with Gasteiger partial charge in [0.05, 0.1) is 10.2 Å². The van der Waals surface area contributed by atoms with Crippen molar-refractivity contribution >= 4 is 33.0 Å². The Balaban J connectivity index is 1.40. The third-order valence-electron chi connectivity index (χ3n) is 6.36. The largest absolute Gasteiger partial charge is 0.354 e. The van der Waals surface area contributed by atoms with Gasteiger partial charge in [-0.3, -0.25) is 14.0 Å². The zero-order chi connectivity index (χ0) is 22.8. The van der Waals surface area contributed by atoms with Gasteiger partial charge in [-0.15, -0.1) is 11.3 Å². The number of piperidine rings is 1. The minimum atomic E-state index is -0.213. The molecule has 0 spiro atoms. The van der Waals surface area contributed by atoms with E-state index in [1.165, 1.54) is 16.0 Å². The summed E-state index contributed by atoms with van der Waals surface area (Å²) in [7, 11) is 0. The molecule has 1 aliphatic heterocycles. The number of nitrogens with one attached hydrogen (secondary N) is 1. The van der Waals surface area contributed by atoms with E-state index in [0.717, 1.165) is 60.4 Å². The molecule has 3 aromatic heterocycles. The van der Waals surface area contributed by atoms with Gasteiger partial charge in [0.2, 0.25) is 5.91 Å². The first-order chi connectivity index (χ1) is 15.4. The van der Waals surface area contributed by atoms with Crippen LogP contribution in [0, 0.1) is 11.8 Å². The summed E-state index contributed by atoms with van der Waals surface area (Å²) >= 11 is 1.72. The van der Waals surface area contributed by atoms with E-state index in [0.29, 0.717) is 18.5 Å². The van der Waals surface area contributed by atoms with Gasteiger partial charge < -0.3 is 10.2 Å². The van der Waals surface area contributed by atoms with E-state index in [1.54, 1.807) is 11.3 Å². The number of likely N-dealkylation sites (tertiary alicyclic amines) is 1. The minimum absolute atomic E-state index is 0.0425. The molecule has 0 unspecified atom stereocenters. The molecule has 1 aliphatic rings. The predicted octanol–water partition coefficient (Wildman–Crippen LogP) is 3.32. The van der Waals surface area contributed by atoms with E-state index in [4.69, 9.17) is 0 Å². The third kappa shape index (κ3) is 4.76. The number of carbonyl (C=O) groups excluding carboxylic acids is 1. The first kappa shape index (κ1) is 23.0. The molecular weight excluding hydrogens is 422 g/mol. The van der Waals surface area contributed by atoms with E-state index in [1.807, 2.05) is 17.4 Å². The van der Waals surface area contributed by atoms with Crippen LogP contribution in [0.4, 0.5) is 0 Å². The molecular formula is C24H35N5O2S. The van der Waals surface area contributed by atoms with E-state index in [9.17, 15) is 9.59 Å². The number of fused-ring (bicyclic) bond motifs is 3. The van der Waals surface area contributed by atoms with Crippen molar-refractivity contribution in [3.8, 4) is 0 Å². The Morgan fingerprint density at radius 2 is 1.91 bits per heavy atom. The second kappa shape index (κ2) is 9.75. The highest BCUT2D eigenvalue weighted by Gasteiger charge is 2.21. The molecule has 32 heavy (non-hydrogen) atoms. The molecule has 1 amide bonds. The van der Waals surface area contributed by atoms with Crippen LogP contribution in [0.2, 0.25) is 0 Å². The van der Waals surface area contributed by atoms with Crippen LogP contribution in [-0.2, 0) is 24.2 Å². The number of amides is 1. The van der Waals surface area contributed by atoms with Gasteiger partial charge in [0.15, 0.2) is 0 Å². The normalized spacial score (nSPS) is 19.8. The second-order valence-electron chi connectivity index (χ2n) is 9.32. The number of aromatic nitrogens is 3. The van der Waals surface area contributed by atoms with E-state index < -0.39 is 0 Å². The standard InChI is InChI=1S/C24H35N5O2S/c1-5-18-11-19-21(32-18)12-20-24(31)28(26-22(6-2)29(19)20)15-23(30)25-8-7-9-27-13-16(3)10-17(4)14-27/h11-12,16-17H,5-10,13-15H2,1-4H3,(H,25,30)/t16-,17+. The van der Waals surface area contributed by atoms with Crippen LogP contribution in [0.25, 0.3) is 15.7 Å². The van der Waals surface area contributed by atoms with Crippen molar-refractivity contribution in [3.63, 3.8) is 0 Å². The predicted molar refractivity (Wildman–Crippen MR) is 131 cm³/mol. The lowest BCUT2D eigenvalue weighted by Gasteiger charge is -2.34. The molecule has 8 heteroatoms. The Hall–Kier alpha value is -2.19. The molecule has 1 fully saturated rings. The Labute approximate surface area is 193 Å². The quantitative estimate of drug-likeness (QED) is 0.527. The number of nitrogens with zero attached hydrogens (tertiary/aromatic N) is 4. The minimum Gasteiger partial charge on any atom is -0.354 e. The molecule has 7 nitrogen and oxygen atoms in total. The zero-order valence-corrected chi connectivity index (χ0v) is 20.5. The van der Waals surface area contributed by atoms with Crippen LogP contribution >= 0.6 is 11.3 Å². The number of hydrogen-bond acceptors (Lipinski definition) is 5. The smallest absolute Gasteiger partial charge is 0.291 e. The van der Waals surface area contributed by atoms with Crippen LogP contribution < -0.4 is 10.9 Å². The third-order valence-corrected chi connectivity index (χ3v) is 7.58. The van der Waals surface area contributed by atoms with E-state index in [2.05, 4.69) is 42.2 Å². The topological polar surface area (TPSA) is 71.6 Å². The average molecular weight is 458 g/mol. The van der Waals surface area contributed by atoms with Crippen molar-refractivity contribution in [1.29, 1.82) is 0 Å². The van der Waals surface area contributed by atoms with Gasteiger partial charge in [-0.1, -0.05) is 27.7 Å². The SMILES string of the molecule is CCc1cc2c(cc3c(=O)n(CC(=O)NCCCN4C[C@H](C)C[C@H](C)C4)nc(CC)n32)s1. The Morgan fingerprint density at radius 1 is 1.16 bits per heavy atom. The molecule has 4 rings (SSSR count). The number of thiophene rings is 1. The molecule has 0 aliphatic carbocycles. The molecule has 2 atom stereocenters. The van der Waals surface area contributed by atoms with Gasteiger partial charge >= 0.3 is 0 Å². The highest BCUT2D eigenvalue weighted by atomic mass is 32.1. The summed E-state index contributed by atoms with van der Waals surface area (Å²) in [5, 5.41) is 7.51. The number of carbonyl (C=O) groups is 1. The van der Waals surface area contributed by atoms with E-state index in [-0.39, 0.29) is 18.0 Å². The monoisotopic (exact) mass is 457 g/mol. The van der Waals surface area contributed by atoms with Crippen molar-refractivity contribution in [2.24, 2.45) is 11.8 Å².